The van der Waals surface area contributed by atoms with Crippen LogP contribution in [0.1, 0.15) is 29.5 Å². The van der Waals surface area contributed by atoms with Crippen LogP contribution in [0.25, 0.3) is 27.6 Å². The van der Waals surface area contributed by atoms with Crippen LogP contribution in [0, 0.1) is 0 Å². The average molecular weight is 373 g/mol. The third-order valence-electron chi connectivity index (χ3n) is 5.67. The van der Waals surface area contributed by atoms with E-state index in [4.69, 9.17) is 4.98 Å². The molecule has 0 N–H and O–H groups in total. The lowest BCUT2D eigenvalue weighted by Gasteiger charge is -2.17. The third-order valence-corrected chi connectivity index (χ3v) is 5.67. The van der Waals surface area contributed by atoms with Crippen LogP contribution in [0.4, 0.5) is 0 Å². The lowest BCUT2D eigenvalue weighted by Crippen LogP contribution is -1.99. The molecule has 0 fully saturated rings. The summed E-state index contributed by atoms with van der Waals surface area (Å²) in [4.78, 5) is 4.86. The standard InChI is InChI=1S/C28H23N/c1-2-10-16-26-25(23(15-9-1)21-11-5-3-6-12-21)17-18-27-24(19-20-29-28(26)27)22-13-7-4-8-14-22/h1,3-9,11-15,17-20H,2,10,16H2/b9-1-,23-15-. The summed E-state index contributed by atoms with van der Waals surface area (Å²) in [5.74, 6) is 0. The predicted molar refractivity (Wildman–Crippen MR) is 123 cm³/mol. The molecule has 1 aliphatic carbocycles. The second-order valence-corrected chi connectivity index (χ2v) is 7.48. The molecule has 1 heterocycles. The smallest absolute Gasteiger partial charge is 0.0746 e. The predicted octanol–water partition coefficient (Wildman–Crippen LogP) is 7.23. The van der Waals surface area contributed by atoms with Gasteiger partial charge in [0.1, 0.15) is 0 Å². The van der Waals surface area contributed by atoms with Crippen LogP contribution in [0.2, 0.25) is 0 Å². The highest BCUT2D eigenvalue weighted by Gasteiger charge is 2.16. The first kappa shape index (κ1) is 17.6. The average Bonchev–Trinajstić information content (AvgIpc) is 2.90. The van der Waals surface area contributed by atoms with Crippen LogP contribution in [0.5, 0.6) is 0 Å². The molecule has 1 heteroatoms. The number of pyridine rings is 1. The molecule has 0 radical (unpaired) electrons. The minimum atomic E-state index is 1.03. The van der Waals surface area contributed by atoms with Gasteiger partial charge in [0.05, 0.1) is 5.52 Å². The molecular weight excluding hydrogens is 350 g/mol. The number of hydrogen-bond donors (Lipinski definition) is 0. The lowest BCUT2D eigenvalue weighted by molar-refractivity contribution is 0.845. The van der Waals surface area contributed by atoms with E-state index in [9.17, 15) is 0 Å². The zero-order valence-electron chi connectivity index (χ0n) is 16.4. The van der Waals surface area contributed by atoms with E-state index in [2.05, 4.69) is 97.1 Å². The van der Waals surface area contributed by atoms with Gasteiger partial charge in [0.25, 0.3) is 0 Å². The molecular formula is C28H23N. The van der Waals surface area contributed by atoms with E-state index < -0.39 is 0 Å². The highest BCUT2D eigenvalue weighted by atomic mass is 14.7. The maximum absolute atomic E-state index is 4.86. The molecule has 0 saturated heterocycles. The second-order valence-electron chi connectivity index (χ2n) is 7.48. The molecule has 1 aliphatic rings. The van der Waals surface area contributed by atoms with Gasteiger partial charge >= 0.3 is 0 Å². The van der Waals surface area contributed by atoms with Gasteiger partial charge in [0, 0.05) is 11.6 Å². The number of aryl methyl sites for hydroxylation is 1. The molecule has 4 aromatic rings. The minimum Gasteiger partial charge on any atom is -0.256 e. The van der Waals surface area contributed by atoms with Gasteiger partial charge < -0.3 is 0 Å². The first-order valence-electron chi connectivity index (χ1n) is 10.3. The number of allylic oxidation sites excluding steroid dienone is 3. The van der Waals surface area contributed by atoms with E-state index in [1.807, 2.05) is 6.20 Å². The minimum absolute atomic E-state index is 1.03. The van der Waals surface area contributed by atoms with E-state index in [1.165, 1.54) is 38.8 Å². The Bertz CT molecular complexity index is 1200. The van der Waals surface area contributed by atoms with Crippen LogP contribution >= 0.6 is 0 Å². The molecule has 29 heavy (non-hydrogen) atoms. The molecule has 0 bridgehead atoms. The quantitative estimate of drug-likeness (QED) is 0.361. The van der Waals surface area contributed by atoms with Crippen LogP contribution in [0.3, 0.4) is 0 Å². The van der Waals surface area contributed by atoms with Gasteiger partial charge in [0.2, 0.25) is 0 Å². The first-order chi connectivity index (χ1) is 14.4. The number of nitrogens with zero attached hydrogens (tertiary/aromatic N) is 1. The number of rotatable bonds is 2. The van der Waals surface area contributed by atoms with Crippen molar-refractivity contribution in [1.29, 1.82) is 0 Å². The van der Waals surface area contributed by atoms with Crippen molar-refractivity contribution in [3.8, 4) is 11.1 Å². The summed E-state index contributed by atoms with van der Waals surface area (Å²) in [5.41, 5.74) is 8.80. The van der Waals surface area contributed by atoms with Crippen molar-refractivity contribution >= 4 is 16.5 Å². The molecule has 0 unspecified atom stereocenters. The summed E-state index contributed by atoms with van der Waals surface area (Å²) in [5, 5.41) is 1.23. The SMILES string of the molecule is C1=C\CCCc2c(ccc3c(-c4ccccc4)ccnc23)\C(c2ccccc2)=C/1. The summed E-state index contributed by atoms with van der Waals surface area (Å²) >= 11 is 0. The zero-order valence-corrected chi connectivity index (χ0v) is 16.4. The number of aromatic nitrogens is 1. The topological polar surface area (TPSA) is 12.9 Å². The van der Waals surface area contributed by atoms with Crippen LogP contribution in [0.15, 0.2) is 103 Å². The Kier molecular flexibility index (Phi) is 4.80. The van der Waals surface area contributed by atoms with Gasteiger partial charge in [-0.15, -0.1) is 0 Å². The lowest BCUT2D eigenvalue weighted by atomic mass is 9.88. The zero-order chi connectivity index (χ0) is 19.5. The maximum Gasteiger partial charge on any atom is 0.0746 e. The highest BCUT2D eigenvalue weighted by molar-refractivity contribution is 5.99. The van der Waals surface area contributed by atoms with E-state index in [0.717, 1.165) is 24.8 Å². The second kappa shape index (κ2) is 7.89. The highest BCUT2D eigenvalue weighted by Crippen LogP contribution is 2.36. The Hall–Kier alpha value is -3.45. The van der Waals surface area contributed by atoms with Gasteiger partial charge in [-0.05, 0) is 58.7 Å². The fourth-order valence-corrected chi connectivity index (χ4v) is 4.27. The van der Waals surface area contributed by atoms with Gasteiger partial charge in [-0.3, -0.25) is 4.98 Å². The summed E-state index contributed by atoms with van der Waals surface area (Å²) in [6.07, 6.45) is 12.0. The Balaban J connectivity index is 1.76. The molecule has 5 rings (SSSR count). The maximum atomic E-state index is 4.86. The summed E-state index contributed by atoms with van der Waals surface area (Å²) in [7, 11) is 0. The summed E-state index contributed by atoms with van der Waals surface area (Å²) in [6, 6.07) is 28.0. The van der Waals surface area contributed by atoms with Gasteiger partial charge in [-0.25, -0.2) is 0 Å². The van der Waals surface area contributed by atoms with Crippen molar-refractivity contribution in [2.45, 2.75) is 19.3 Å². The Morgan fingerprint density at radius 1 is 0.690 bits per heavy atom. The summed E-state index contributed by atoms with van der Waals surface area (Å²) in [6.45, 7) is 0. The Morgan fingerprint density at radius 3 is 2.24 bits per heavy atom. The Morgan fingerprint density at radius 2 is 1.45 bits per heavy atom. The van der Waals surface area contributed by atoms with E-state index >= 15 is 0 Å². The summed E-state index contributed by atoms with van der Waals surface area (Å²) < 4.78 is 0. The first-order valence-corrected chi connectivity index (χ1v) is 10.3. The molecule has 0 spiro atoms. The van der Waals surface area contributed by atoms with Crippen LogP contribution in [-0.4, -0.2) is 4.98 Å². The van der Waals surface area contributed by atoms with Gasteiger partial charge in [0.15, 0.2) is 0 Å². The molecule has 140 valence electrons. The molecule has 0 saturated carbocycles. The molecule has 1 aromatic heterocycles. The van der Waals surface area contributed by atoms with E-state index in [0.29, 0.717) is 0 Å². The van der Waals surface area contributed by atoms with Crippen molar-refractivity contribution in [1.82, 2.24) is 4.98 Å². The van der Waals surface area contributed by atoms with Gasteiger partial charge in [-0.1, -0.05) is 91.0 Å². The monoisotopic (exact) mass is 373 g/mol. The Labute approximate surface area is 172 Å². The third kappa shape index (κ3) is 3.40. The molecule has 0 aliphatic heterocycles. The van der Waals surface area contributed by atoms with E-state index in [1.54, 1.807) is 0 Å². The molecule has 0 atom stereocenters. The fourth-order valence-electron chi connectivity index (χ4n) is 4.27. The van der Waals surface area contributed by atoms with Crippen molar-refractivity contribution < 1.29 is 0 Å². The normalized spacial score (nSPS) is 16.8. The van der Waals surface area contributed by atoms with Crippen molar-refractivity contribution in [2.24, 2.45) is 0 Å². The van der Waals surface area contributed by atoms with Crippen molar-refractivity contribution in [3.63, 3.8) is 0 Å². The molecule has 0 amide bonds. The largest absolute Gasteiger partial charge is 0.256 e. The van der Waals surface area contributed by atoms with E-state index in [-0.39, 0.29) is 0 Å². The van der Waals surface area contributed by atoms with Gasteiger partial charge in [-0.2, -0.15) is 0 Å². The van der Waals surface area contributed by atoms with Crippen molar-refractivity contribution in [3.05, 3.63) is 120 Å². The number of fused-ring (bicyclic) bond motifs is 3. The number of benzene rings is 3. The van der Waals surface area contributed by atoms with Crippen molar-refractivity contribution in [2.75, 3.05) is 0 Å². The molecule has 1 nitrogen and oxygen atoms in total. The van der Waals surface area contributed by atoms with Crippen LogP contribution in [-0.2, 0) is 6.42 Å². The number of hydrogen-bond acceptors (Lipinski definition) is 1. The fraction of sp³-hybridized carbons (Fsp3) is 0.107. The van der Waals surface area contributed by atoms with Crippen LogP contribution < -0.4 is 0 Å². The molecule has 3 aromatic carbocycles.